The van der Waals surface area contributed by atoms with E-state index in [4.69, 9.17) is 4.74 Å². The van der Waals surface area contributed by atoms with Gasteiger partial charge in [-0.25, -0.2) is 0 Å². The maximum absolute atomic E-state index is 11.2. The van der Waals surface area contributed by atoms with Crippen LogP contribution in [0, 0.1) is 0 Å². The average molecular weight is 199 g/mol. The van der Waals surface area contributed by atoms with Crippen LogP contribution >= 0.6 is 0 Å². The van der Waals surface area contributed by atoms with E-state index in [2.05, 4.69) is 5.32 Å². The van der Waals surface area contributed by atoms with Crippen molar-refractivity contribution in [1.29, 1.82) is 0 Å². The number of hydrogen-bond donors (Lipinski definition) is 1. The molecule has 0 aromatic heterocycles. The molecule has 0 spiro atoms. The quantitative estimate of drug-likeness (QED) is 0.664. The normalized spacial score (nSPS) is 27.7. The van der Waals surface area contributed by atoms with Crippen LogP contribution in [-0.4, -0.2) is 35.9 Å². The van der Waals surface area contributed by atoms with Crippen molar-refractivity contribution < 1.29 is 14.3 Å². The lowest BCUT2D eigenvalue weighted by Crippen LogP contribution is -2.68. The number of ether oxygens (including phenoxy) is 1. The highest BCUT2D eigenvalue weighted by Crippen LogP contribution is 2.18. The zero-order valence-electron chi connectivity index (χ0n) is 9.09. The minimum absolute atomic E-state index is 0.184. The van der Waals surface area contributed by atoms with Crippen molar-refractivity contribution in [2.24, 2.45) is 0 Å². The molecule has 0 amide bonds. The van der Waals surface area contributed by atoms with E-state index < -0.39 is 17.9 Å². The molecule has 14 heavy (non-hydrogen) atoms. The molecule has 0 radical (unpaired) electrons. The van der Waals surface area contributed by atoms with E-state index >= 15 is 0 Å². The van der Waals surface area contributed by atoms with E-state index in [0.717, 1.165) is 0 Å². The lowest BCUT2D eigenvalue weighted by molar-refractivity contribution is -0.159. The third kappa shape index (κ3) is 2.19. The van der Waals surface area contributed by atoms with Gasteiger partial charge in [0.2, 0.25) is 11.6 Å². The van der Waals surface area contributed by atoms with E-state index in [9.17, 15) is 9.59 Å². The second-order valence-corrected chi connectivity index (χ2v) is 4.48. The van der Waals surface area contributed by atoms with Gasteiger partial charge in [0, 0.05) is 12.1 Å². The Bertz CT molecular complexity index is 255. The molecule has 4 nitrogen and oxygen atoms in total. The van der Waals surface area contributed by atoms with Crippen LogP contribution in [0.3, 0.4) is 0 Å². The summed E-state index contributed by atoms with van der Waals surface area (Å²) < 4.78 is 5.19. The van der Waals surface area contributed by atoms with Gasteiger partial charge in [-0.3, -0.25) is 14.9 Å². The van der Waals surface area contributed by atoms with Crippen LogP contribution in [0.4, 0.5) is 0 Å². The van der Waals surface area contributed by atoms with Crippen molar-refractivity contribution in [2.45, 2.75) is 45.4 Å². The van der Waals surface area contributed by atoms with Crippen molar-refractivity contribution >= 4 is 11.6 Å². The molecule has 0 saturated heterocycles. The summed E-state index contributed by atoms with van der Waals surface area (Å²) in [6.45, 7) is 8.11. The maximum atomic E-state index is 11.2. The molecule has 1 saturated carbocycles. The molecule has 0 aromatic rings. The van der Waals surface area contributed by atoms with Gasteiger partial charge in [0.05, 0.1) is 0 Å². The second-order valence-electron chi connectivity index (χ2n) is 4.48. The Morgan fingerprint density at radius 1 is 1.29 bits per heavy atom. The largest absolute Gasteiger partial charge is 0.368 e. The van der Waals surface area contributed by atoms with Crippen molar-refractivity contribution in [3.05, 3.63) is 0 Å². The summed E-state index contributed by atoms with van der Waals surface area (Å²) in [4.78, 5) is 22.4. The number of Topliss-reactive ketones (excluding diaryl/α,β-unsaturated/α-hetero) is 2. The maximum Gasteiger partial charge on any atom is 0.230 e. The number of nitrogens with one attached hydrogen (secondary N) is 1. The summed E-state index contributed by atoms with van der Waals surface area (Å²) in [6.07, 6.45) is -0.577. The highest BCUT2D eigenvalue weighted by atomic mass is 16.5. The highest BCUT2D eigenvalue weighted by molar-refractivity contribution is 6.48. The first-order valence-corrected chi connectivity index (χ1v) is 4.84. The Morgan fingerprint density at radius 3 is 2.29 bits per heavy atom. The van der Waals surface area contributed by atoms with E-state index in [-0.39, 0.29) is 11.3 Å². The van der Waals surface area contributed by atoms with Crippen LogP contribution in [-0.2, 0) is 14.3 Å². The summed E-state index contributed by atoms with van der Waals surface area (Å²) in [5.74, 6) is -0.771. The Labute approximate surface area is 84.0 Å². The molecular weight excluding hydrogens is 182 g/mol. The number of carbonyl (C=O) groups is 2. The third-order valence-corrected chi connectivity index (χ3v) is 2.02. The first-order chi connectivity index (χ1) is 6.37. The van der Waals surface area contributed by atoms with Crippen molar-refractivity contribution in [3.8, 4) is 0 Å². The van der Waals surface area contributed by atoms with Crippen LogP contribution in [0.2, 0.25) is 0 Å². The number of hydrogen-bond acceptors (Lipinski definition) is 4. The smallest absolute Gasteiger partial charge is 0.230 e. The molecule has 0 heterocycles. The van der Waals surface area contributed by atoms with Crippen LogP contribution in [0.25, 0.3) is 0 Å². The van der Waals surface area contributed by atoms with E-state index in [1.807, 2.05) is 27.7 Å². The van der Waals surface area contributed by atoms with Gasteiger partial charge in [0.1, 0.15) is 12.1 Å². The van der Waals surface area contributed by atoms with Crippen LogP contribution in [0.15, 0.2) is 0 Å². The monoisotopic (exact) mass is 199 g/mol. The second kappa shape index (κ2) is 3.79. The van der Waals surface area contributed by atoms with E-state index in [1.165, 1.54) is 0 Å². The minimum atomic E-state index is -0.577. The Balaban J connectivity index is 2.60. The Kier molecular flexibility index (Phi) is 3.07. The average Bonchev–Trinajstić information content (AvgIpc) is 2.09. The van der Waals surface area contributed by atoms with Crippen LogP contribution in [0.5, 0.6) is 0 Å². The SMILES string of the molecule is CCOC1C(=O)C(=O)C1NC(C)(C)C. The van der Waals surface area contributed by atoms with Crippen LogP contribution < -0.4 is 5.32 Å². The number of carbonyl (C=O) groups excluding carboxylic acids is 2. The molecule has 1 rings (SSSR count). The van der Waals surface area contributed by atoms with E-state index in [0.29, 0.717) is 6.61 Å². The molecule has 1 aliphatic carbocycles. The molecule has 0 bridgehead atoms. The lowest BCUT2D eigenvalue weighted by atomic mass is 9.84. The summed E-state index contributed by atoms with van der Waals surface area (Å²) in [5.41, 5.74) is -0.184. The predicted molar refractivity (Wildman–Crippen MR) is 52.1 cm³/mol. The molecule has 0 aliphatic heterocycles. The first-order valence-electron chi connectivity index (χ1n) is 4.84. The molecular formula is C10H17NO3. The fraction of sp³-hybridized carbons (Fsp3) is 0.800. The molecule has 4 heteroatoms. The number of ketones is 2. The Morgan fingerprint density at radius 2 is 1.86 bits per heavy atom. The predicted octanol–water partition coefficient (Wildman–Crippen LogP) is 0.300. The minimum Gasteiger partial charge on any atom is -0.368 e. The van der Waals surface area contributed by atoms with Gasteiger partial charge in [-0.15, -0.1) is 0 Å². The van der Waals surface area contributed by atoms with Crippen LogP contribution in [0.1, 0.15) is 27.7 Å². The lowest BCUT2D eigenvalue weighted by Gasteiger charge is -2.37. The molecule has 2 atom stereocenters. The van der Waals surface area contributed by atoms with Gasteiger partial charge in [-0.2, -0.15) is 0 Å². The Hall–Kier alpha value is -0.740. The summed E-state index contributed by atoms with van der Waals surface area (Å²) in [6, 6.07) is -0.456. The summed E-state index contributed by atoms with van der Waals surface area (Å²) in [5, 5.41) is 3.08. The molecule has 2 unspecified atom stereocenters. The zero-order valence-corrected chi connectivity index (χ0v) is 9.09. The first kappa shape index (κ1) is 11.3. The highest BCUT2D eigenvalue weighted by Gasteiger charge is 2.50. The van der Waals surface area contributed by atoms with Gasteiger partial charge in [0.15, 0.2) is 0 Å². The van der Waals surface area contributed by atoms with Gasteiger partial charge in [-0.05, 0) is 27.7 Å². The van der Waals surface area contributed by atoms with Gasteiger partial charge in [0.25, 0.3) is 0 Å². The van der Waals surface area contributed by atoms with E-state index in [1.54, 1.807) is 0 Å². The zero-order chi connectivity index (χ0) is 10.9. The van der Waals surface area contributed by atoms with Crippen molar-refractivity contribution in [3.63, 3.8) is 0 Å². The molecule has 80 valence electrons. The molecule has 1 N–H and O–H groups in total. The standard InChI is InChI=1S/C10H17NO3/c1-5-14-9-6(7(12)8(9)13)11-10(2,3)4/h6,9,11H,5H2,1-4H3. The van der Waals surface area contributed by atoms with Gasteiger partial charge < -0.3 is 4.74 Å². The van der Waals surface area contributed by atoms with Gasteiger partial charge in [-0.1, -0.05) is 0 Å². The molecule has 0 aromatic carbocycles. The summed E-state index contributed by atoms with van der Waals surface area (Å²) >= 11 is 0. The van der Waals surface area contributed by atoms with Crippen molar-refractivity contribution in [1.82, 2.24) is 5.32 Å². The fourth-order valence-corrected chi connectivity index (χ4v) is 1.45. The molecule has 1 aliphatic rings. The summed E-state index contributed by atoms with van der Waals surface area (Å²) in [7, 11) is 0. The number of rotatable bonds is 3. The molecule has 1 fully saturated rings. The fourth-order valence-electron chi connectivity index (χ4n) is 1.45. The topological polar surface area (TPSA) is 55.4 Å². The van der Waals surface area contributed by atoms with Crippen molar-refractivity contribution in [2.75, 3.05) is 6.61 Å². The van der Waals surface area contributed by atoms with Gasteiger partial charge >= 0.3 is 0 Å². The third-order valence-electron chi connectivity index (χ3n) is 2.02.